The molecule has 1 atom stereocenters. The number of sulfonamides is 1. The predicted octanol–water partition coefficient (Wildman–Crippen LogP) is 5.00. The van der Waals surface area contributed by atoms with E-state index in [1.165, 1.54) is 30.7 Å². The SMILES string of the molecule is CC(C(=O)NC1CCCCC1)N(Cc1cccc(Br)c1)C(=O)CCCN(c1ccc(F)cc1)S(C)(=O)=O. The van der Waals surface area contributed by atoms with Crippen LogP contribution < -0.4 is 9.62 Å². The van der Waals surface area contributed by atoms with Gasteiger partial charge in [0.05, 0.1) is 11.9 Å². The molecule has 202 valence electrons. The first-order chi connectivity index (χ1) is 17.5. The van der Waals surface area contributed by atoms with Gasteiger partial charge in [-0.05, 0) is 68.1 Å². The minimum Gasteiger partial charge on any atom is -0.352 e. The van der Waals surface area contributed by atoms with Gasteiger partial charge >= 0.3 is 0 Å². The van der Waals surface area contributed by atoms with E-state index in [1.807, 2.05) is 24.3 Å². The molecule has 37 heavy (non-hydrogen) atoms. The number of anilines is 1. The van der Waals surface area contributed by atoms with E-state index in [9.17, 15) is 22.4 Å². The minimum absolute atomic E-state index is 0.0578. The second-order valence-electron chi connectivity index (χ2n) is 9.59. The second-order valence-corrected chi connectivity index (χ2v) is 12.4. The average molecular weight is 597 g/mol. The first kappa shape index (κ1) is 29.1. The first-order valence-corrected chi connectivity index (χ1v) is 15.3. The van der Waals surface area contributed by atoms with Gasteiger partial charge < -0.3 is 10.2 Å². The summed E-state index contributed by atoms with van der Waals surface area (Å²) in [5, 5.41) is 3.11. The third-order valence-electron chi connectivity index (χ3n) is 6.63. The fraction of sp³-hybridized carbons (Fsp3) is 0.481. The van der Waals surface area contributed by atoms with Gasteiger partial charge in [-0.3, -0.25) is 13.9 Å². The molecular weight excluding hydrogens is 561 g/mol. The molecule has 1 aliphatic carbocycles. The number of nitrogens with one attached hydrogen (secondary N) is 1. The van der Waals surface area contributed by atoms with Gasteiger partial charge in [0, 0.05) is 30.0 Å². The zero-order valence-electron chi connectivity index (χ0n) is 21.3. The Balaban J connectivity index is 1.71. The zero-order chi connectivity index (χ0) is 27.0. The van der Waals surface area contributed by atoms with Crippen LogP contribution >= 0.6 is 15.9 Å². The van der Waals surface area contributed by atoms with Crippen LogP contribution in [0.2, 0.25) is 0 Å². The van der Waals surface area contributed by atoms with Crippen LogP contribution in [0.1, 0.15) is 57.4 Å². The summed E-state index contributed by atoms with van der Waals surface area (Å²) in [4.78, 5) is 28.1. The van der Waals surface area contributed by atoms with Crippen molar-refractivity contribution in [3.63, 3.8) is 0 Å². The molecule has 1 aliphatic rings. The van der Waals surface area contributed by atoms with Crippen LogP contribution in [0.15, 0.2) is 53.0 Å². The summed E-state index contributed by atoms with van der Waals surface area (Å²) in [6.07, 6.45) is 6.63. The molecule has 1 fully saturated rings. The van der Waals surface area contributed by atoms with Crippen molar-refractivity contribution in [2.24, 2.45) is 0 Å². The topological polar surface area (TPSA) is 86.8 Å². The van der Waals surface area contributed by atoms with Crippen LogP contribution in [0.25, 0.3) is 0 Å². The summed E-state index contributed by atoms with van der Waals surface area (Å²) in [6.45, 7) is 2.05. The summed E-state index contributed by atoms with van der Waals surface area (Å²) in [7, 11) is -3.63. The molecule has 10 heteroatoms. The lowest BCUT2D eigenvalue weighted by Gasteiger charge is -2.31. The Kier molecular flexibility index (Phi) is 10.5. The van der Waals surface area contributed by atoms with E-state index in [-0.39, 0.29) is 43.8 Å². The number of amides is 2. The van der Waals surface area contributed by atoms with Crippen LogP contribution in [0.4, 0.5) is 10.1 Å². The van der Waals surface area contributed by atoms with Crippen LogP contribution in [0.5, 0.6) is 0 Å². The number of carbonyl (C=O) groups is 2. The Morgan fingerprint density at radius 3 is 2.41 bits per heavy atom. The summed E-state index contributed by atoms with van der Waals surface area (Å²) >= 11 is 3.46. The fourth-order valence-corrected chi connectivity index (χ4v) is 6.01. The molecule has 0 heterocycles. The van der Waals surface area contributed by atoms with Crippen molar-refractivity contribution in [1.29, 1.82) is 0 Å². The lowest BCUT2D eigenvalue weighted by Crippen LogP contribution is -2.50. The van der Waals surface area contributed by atoms with Gasteiger partial charge in [-0.1, -0.05) is 47.3 Å². The largest absolute Gasteiger partial charge is 0.352 e. The van der Waals surface area contributed by atoms with Crippen molar-refractivity contribution in [1.82, 2.24) is 10.2 Å². The molecule has 0 aliphatic heterocycles. The monoisotopic (exact) mass is 595 g/mol. The predicted molar refractivity (Wildman–Crippen MR) is 147 cm³/mol. The summed E-state index contributed by atoms with van der Waals surface area (Å²) < 4.78 is 40.1. The maximum absolute atomic E-state index is 13.4. The van der Waals surface area contributed by atoms with Gasteiger partial charge in [0.25, 0.3) is 0 Å². The lowest BCUT2D eigenvalue weighted by molar-refractivity contribution is -0.141. The van der Waals surface area contributed by atoms with Crippen molar-refractivity contribution in [2.45, 2.75) is 70.5 Å². The van der Waals surface area contributed by atoms with Crippen LogP contribution in [0.3, 0.4) is 0 Å². The fourth-order valence-electron chi connectivity index (χ4n) is 4.59. The smallest absolute Gasteiger partial charge is 0.242 e. The van der Waals surface area contributed by atoms with Gasteiger partial charge in [-0.25, -0.2) is 12.8 Å². The van der Waals surface area contributed by atoms with E-state index in [0.29, 0.717) is 5.69 Å². The van der Waals surface area contributed by atoms with E-state index in [2.05, 4.69) is 21.2 Å². The minimum atomic E-state index is -3.63. The summed E-state index contributed by atoms with van der Waals surface area (Å²) in [5.74, 6) is -0.880. The number of hydrogen-bond donors (Lipinski definition) is 1. The molecule has 3 rings (SSSR count). The molecule has 0 radical (unpaired) electrons. The van der Waals surface area contributed by atoms with Crippen LogP contribution in [-0.2, 0) is 26.2 Å². The third kappa shape index (κ3) is 8.81. The quantitative estimate of drug-likeness (QED) is 0.396. The molecule has 0 aromatic heterocycles. The van der Waals surface area contributed by atoms with Gasteiger partial charge in [0.2, 0.25) is 21.8 Å². The maximum Gasteiger partial charge on any atom is 0.242 e. The molecule has 0 spiro atoms. The molecule has 1 N–H and O–H groups in total. The van der Waals surface area contributed by atoms with E-state index >= 15 is 0 Å². The van der Waals surface area contributed by atoms with E-state index in [1.54, 1.807) is 11.8 Å². The Morgan fingerprint density at radius 1 is 1.11 bits per heavy atom. The van der Waals surface area contributed by atoms with Crippen LogP contribution in [-0.4, -0.2) is 50.0 Å². The lowest BCUT2D eigenvalue weighted by atomic mass is 9.95. The Morgan fingerprint density at radius 2 is 1.78 bits per heavy atom. The number of rotatable bonds is 11. The average Bonchev–Trinajstić information content (AvgIpc) is 2.85. The van der Waals surface area contributed by atoms with Gasteiger partial charge in [-0.15, -0.1) is 0 Å². The van der Waals surface area contributed by atoms with Crippen molar-refractivity contribution < 1.29 is 22.4 Å². The number of halogens is 2. The van der Waals surface area contributed by atoms with Crippen molar-refractivity contribution in [3.8, 4) is 0 Å². The summed E-state index contributed by atoms with van der Waals surface area (Å²) in [6, 6.07) is 12.2. The maximum atomic E-state index is 13.4. The first-order valence-electron chi connectivity index (χ1n) is 12.6. The highest BCUT2D eigenvalue weighted by Crippen LogP contribution is 2.21. The van der Waals surface area contributed by atoms with Gasteiger partial charge in [0.15, 0.2) is 0 Å². The molecule has 2 amide bonds. The van der Waals surface area contributed by atoms with E-state index < -0.39 is 21.9 Å². The van der Waals surface area contributed by atoms with Gasteiger partial charge in [0.1, 0.15) is 11.9 Å². The Labute approximate surface area is 227 Å². The number of benzene rings is 2. The highest BCUT2D eigenvalue weighted by molar-refractivity contribution is 9.10. The number of nitrogens with zero attached hydrogens (tertiary/aromatic N) is 2. The molecule has 7 nitrogen and oxygen atoms in total. The standard InChI is InChI=1S/C27H35BrFN3O4S/c1-20(27(34)30-24-10-4-3-5-11-24)31(19-21-8-6-9-22(28)18-21)26(33)12-7-17-32(37(2,35)36)25-15-13-23(29)14-16-25/h6,8-9,13-16,18,20,24H,3-5,7,10-12,17,19H2,1-2H3,(H,30,34). The Bertz CT molecular complexity index is 1170. The normalized spacial score (nSPS) is 15.1. The molecule has 2 aromatic rings. The zero-order valence-corrected chi connectivity index (χ0v) is 23.7. The highest BCUT2D eigenvalue weighted by Gasteiger charge is 2.28. The number of hydrogen-bond acceptors (Lipinski definition) is 4. The molecule has 1 saturated carbocycles. The number of carbonyl (C=O) groups excluding carboxylic acids is 2. The van der Waals surface area contributed by atoms with E-state index in [4.69, 9.17) is 0 Å². The molecule has 0 bridgehead atoms. The van der Waals surface area contributed by atoms with Crippen molar-refractivity contribution in [2.75, 3.05) is 17.1 Å². The molecule has 1 unspecified atom stereocenters. The molecule has 0 saturated heterocycles. The van der Waals surface area contributed by atoms with Crippen LogP contribution in [0, 0.1) is 5.82 Å². The van der Waals surface area contributed by atoms with E-state index in [0.717, 1.165) is 46.3 Å². The van der Waals surface area contributed by atoms with Gasteiger partial charge in [-0.2, -0.15) is 0 Å². The summed E-state index contributed by atoms with van der Waals surface area (Å²) in [5.41, 5.74) is 1.21. The van der Waals surface area contributed by atoms with Crippen molar-refractivity contribution in [3.05, 3.63) is 64.4 Å². The molecular formula is C27H35BrFN3O4S. The molecule has 2 aromatic carbocycles. The highest BCUT2D eigenvalue weighted by atomic mass is 79.9. The second kappa shape index (κ2) is 13.4. The third-order valence-corrected chi connectivity index (χ3v) is 8.31. The van der Waals surface area contributed by atoms with Crippen molar-refractivity contribution >= 4 is 43.5 Å². The Hall–Kier alpha value is -2.46.